The van der Waals surface area contributed by atoms with Crippen LogP contribution in [0.1, 0.15) is 20.8 Å². The Labute approximate surface area is 59.1 Å². The molecule has 0 rings (SSSR count). The summed E-state index contributed by atoms with van der Waals surface area (Å²) in [6.45, 7) is 5.38. The van der Waals surface area contributed by atoms with E-state index >= 15 is 0 Å². The summed E-state index contributed by atoms with van der Waals surface area (Å²) in [5.41, 5.74) is -0.427. The highest BCUT2D eigenvalue weighted by Crippen LogP contribution is 2.10. The average Bonchev–Trinajstić information content (AvgIpc) is 1.62. The molecule has 3 nitrogen and oxygen atoms in total. The number of ether oxygens (including phenoxy) is 1. The Hall–Kier alpha value is -0.220. The lowest BCUT2D eigenvalue weighted by Crippen LogP contribution is -2.21. The Morgan fingerprint density at radius 1 is 1.56 bits per heavy atom. The standard InChI is InChI=1S/C5H11NO2S/c1-5(2,3)8-4(7)9-6/h6H2,1-3H3. The maximum atomic E-state index is 10.4. The Balaban J connectivity index is 3.60. The van der Waals surface area contributed by atoms with E-state index in [0.717, 1.165) is 0 Å². The molecule has 0 atom stereocenters. The number of hydrogen-bond acceptors (Lipinski definition) is 4. The molecule has 0 radical (unpaired) electrons. The molecule has 0 saturated heterocycles. The van der Waals surface area contributed by atoms with Crippen LogP contribution in [0.5, 0.6) is 0 Å². The van der Waals surface area contributed by atoms with E-state index in [2.05, 4.69) is 0 Å². The Morgan fingerprint density at radius 2 is 2.00 bits per heavy atom. The molecule has 0 fully saturated rings. The van der Waals surface area contributed by atoms with Gasteiger partial charge >= 0.3 is 5.30 Å². The van der Waals surface area contributed by atoms with Crippen molar-refractivity contribution in [2.75, 3.05) is 0 Å². The molecule has 0 aromatic heterocycles. The van der Waals surface area contributed by atoms with Crippen LogP contribution in [0.15, 0.2) is 0 Å². The lowest BCUT2D eigenvalue weighted by Gasteiger charge is -2.17. The van der Waals surface area contributed by atoms with Crippen LogP contribution in [0.3, 0.4) is 0 Å². The smallest absolute Gasteiger partial charge is 0.382 e. The summed E-state index contributed by atoms with van der Waals surface area (Å²) in [6, 6.07) is 0. The second-order valence-corrected chi connectivity index (χ2v) is 3.15. The summed E-state index contributed by atoms with van der Waals surface area (Å²) in [5.74, 6) is 0. The minimum atomic E-state index is -0.442. The van der Waals surface area contributed by atoms with Crippen LogP contribution in [0, 0.1) is 0 Å². The molecule has 0 aliphatic heterocycles. The Bertz CT molecular complexity index is 108. The largest absolute Gasteiger partial charge is 0.451 e. The van der Waals surface area contributed by atoms with Crippen molar-refractivity contribution in [2.24, 2.45) is 5.14 Å². The first-order valence-electron chi connectivity index (χ1n) is 2.55. The van der Waals surface area contributed by atoms with E-state index in [0.29, 0.717) is 11.9 Å². The van der Waals surface area contributed by atoms with E-state index in [1.54, 1.807) is 20.8 Å². The highest BCUT2D eigenvalue weighted by Gasteiger charge is 2.14. The number of nitrogens with two attached hydrogens (primary N) is 1. The van der Waals surface area contributed by atoms with Crippen LogP contribution in [-0.2, 0) is 4.74 Å². The highest BCUT2D eigenvalue weighted by molar-refractivity contribution is 8.11. The lowest BCUT2D eigenvalue weighted by molar-refractivity contribution is 0.0738. The van der Waals surface area contributed by atoms with Gasteiger partial charge in [-0.2, -0.15) is 0 Å². The number of hydrogen-bond donors (Lipinski definition) is 1. The van der Waals surface area contributed by atoms with Crippen molar-refractivity contribution in [3.05, 3.63) is 0 Å². The molecule has 4 heteroatoms. The van der Waals surface area contributed by atoms with E-state index in [1.807, 2.05) is 0 Å². The third-order valence-corrected chi connectivity index (χ3v) is 0.762. The maximum absolute atomic E-state index is 10.4. The summed E-state index contributed by atoms with van der Waals surface area (Å²) >= 11 is 0.591. The van der Waals surface area contributed by atoms with Crippen LogP contribution < -0.4 is 5.14 Å². The molecule has 0 amide bonds. The zero-order chi connectivity index (χ0) is 7.49. The topological polar surface area (TPSA) is 52.3 Å². The van der Waals surface area contributed by atoms with Crippen LogP contribution in [0.25, 0.3) is 0 Å². The number of carbonyl (C=O) groups excluding carboxylic acids is 1. The van der Waals surface area contributed by atoms with Crippen LogP contribution in [-0.4, -0.2) is 10.9 Å². The predicted octanol–water partition coefficient (Wildman–Crippen LogP) is 1.53. The van der Waals surface area contributed by atoms with Gasteiger partial charge in [-0.15, -0.1) is 0 Å². The SMILES string of the molecule is CC(C)(C)OC(=O)SN. The van der Waals surface area contributed by atoms with Crippen molar-refractivity contribution < 1.29 is 9.53 Å². The van der Waals surface area contributed by atoms with Crippen LogP contribution in [0.4, 0.5) is 4.79 Å². The van der Waals surface area contributed by atoms with Gasteiger partial charge in [0, 0.05) is 11.9 Å². The molecule has 54 valence electrons. The van der Waals surface area contributed by atoms with Gasteiger partial charge in [0.25, 0.3) is 0 Å². The summed E-state index contributed by atoms with van der Waals surface area (Å²) in [4.78, 5) is 10.4. The Morgan fingerprint density at radius 3 is 2.11 bits per heavy atom. The molecule has 0 heterocycles. The van der Waals surface area contributed by atoms with E-state index < -0.39 is 10.9 Å². The molecular weight excluding hydrogens is 138 g/mol. The van der Waals surface area contributed by atoms with Gasteiger partial charge in [-0.1, -0.05) is 0 Å². The fourth-order valence-electron chi connectivity index (χ4n) is 0.274. The van der Waals surface area contributed by atoms with Crippen LogP contribution in [0.2, 0.25) is 0 Å². The second-order valence-electron chi connectivity index (χ2n) is 2.58. The molecule has 0 aliphatic carbocycles. The molecule has 0 spiro atoms. The van der Waals surface area contributed by atoms with Gasteiger partial charge in [-0.3, -0.25) is 5.14 Å². The monoisotopic (exact) mass is 149 g/mol. The molecule has 9 heavy (non-hydrogen) atoms. The lowest BCUT2D eigenvalue weighted by atomic mass is 10.2. The molecule has 0 bridgehead atoms. The molecule has 0 aliphatic rings. The zero-order valence-corrected chi connectivity index (χ0v) is 6.62. The molecule has 2 N–H and O–H groups in total. The third-order valence-electron chi connectivity index (χ3n) is 0.486. The van der Waals surface area contributed by atoms with Crippen molar-refractivity contribution in [1.82, 2.24) is 0 Å². The van der Waals surface area contributed by atoms with Gasteiger partial charge in [0.05, 0.1) is 0 Å². The number of rotatable bonds is 0. The molecule has 0 saturated carbocycles. The van der Waals surface area contributed by atoms with E-state index in [4.69, 9.17) is 9.88 Å². The molecule has 0 aromatic rings. The van der Waals surface area contributed by atoms with Gasteiger partial charge in [0.2, 0.25) is 0 Å². The third kappa shape index (κ3) is 5.65. The normalized spacial score (nSPS) is 11.1. The van der Waals surface area contributed by atoms with E-state index in [9.17, 15) is 4.79 Å². The quantitative estimate of drug-likeness (QED) is 0.419. The minimum absolute atomic E-state index is 0.427. The van der Waals surface area contributed by atoms with Crippen molar-refractivity contribution in [3.63, 3.8) is 0 Å². The summed E-state index contributed by atoms with van der Waals surface area (Å²) in [5, 5.41) is 4.48. The van der Waals surface area contributed by atoms with Gasteiger partial charge in [-0.25, -0.2) is 4.79 Å². The minimum Gasteiger partial charge on any atom is -0.451 e. The van der Waals surface area contributed by atoms with Crippen molar-refractivity contribution >= 4 is 17.2 Å². The van der Waals surface area contributed by atoms with Crippen molar-refractivity contribution in [1.29, 1.82) is 0 Å². The fraction of sp³-hybridized carbons (Fsp3) is 0.800. The van der Waals surface area contributed by atoms with Gasteiger partial charge in [-0.05, 0) is 20.8 Å². The summed E-state index contributed by atoms with van der Waals surface area (Å²) < 4.78 is 4.79. The molecule has 0 aromatic carbocycles. The first-order valence-corrected chi connectivity index (χ1v) is 3.43. The van der Waals surface area contributed by atoms with Gasteiger partial charge in [0.1, 0.15) is 5.60 Å². The Kier molecular flexibility index (Phi) is 3.00. The average molecular weight is 149 g/mol. The number of carbonyl (C=O) groups is 1. The maximum Gasteiger partial charge on any atom is 0.382 e. The van der Waals surface area contributed by atoms with Crippen LogP contribution >= 0.6 is 11.9 Å². The van der Waals surface area contributed by atoms with E-state index in [1.165, 1.54) is 0 Å². The fourth-order valence-corrected chi connectivity index (χ4v) is 0.572. The predicted molar refractivity (Wildman–Crippen MR) is 38.0 cm³/mol. The summed E-state index contributed by atoms with van der Waals surface area (Å²) in [6.07, 6.45) is 0. The molecular formula is C5H11NO2S. The van der Waals surface area contributed by atoms with Gasteiger partial charge < -0.3 is 4.74 Å². The summed E-state index contributed by atoms with van der Waals surface area (Å²) in [7, 11) is 0. The van der Waals surface area contributed by atoms with E-state index in [-0.39, 0.29) is 0 Å². The molecule has 0 unspecified atom stereocenters. The first kappa shape index (κ1) is 8.78. The van der Waals surface area contributed by atoms with Crippen molar-refractivity contribution in [3.8, 4) is 0 Å². The van der Waals surface area contributed by atoms with Gasteiger partial charge in [0.15, 0.2) is 0 Å². The van der Waals surface area contributed by atoms with Crippen molar-refractivity contribution in [2.45, 2.75) is 26.4 Å². The first-order chi connectivity index (χ1) is 3.95. The zero-order valence-electron chi connectivity index (χ0n) is 5.80. The highest BCUT2D eigenvalue weighted by atomic mass is 32.2. The second kappa shape index (κ2) is 3.08.